The number of nitrogens with zero attached hydrogens (tertiary/aromatic N) is 1. The first kappa shape index (κ1) is 15.3. The van der Waals surface area contributed by atoms with Gasteiger partial charge in [-0.25, -0.2) is 0 Å². The molecule has 104 valence electrons. The summed E-state index contributed by atoms with van der Waals surface area (Å²) in [6, 6.07) is 14.6. The van der Waals surface area contributed by atoms with E-state index in [0.717, 1.165) is 23.2 Å². The topological polar surface area (TPSA) is 12.2 Å². The van der Waals surface area contributed by atoms with Gasteiger partial charge in [0.2, 0.25) is 5.69 Å². The Bertz CT molecular complexity index is 635. The number of methoxy groups -OCH3 is 1. The third-order valence-corrected chi connectivity index (χ3v) is 3.97. The highest BCUT2D eigenvalue weighted by Crippen LogP contribution is 2.26. The van der Waals surface area contributed by atoms with Crippen molar-refractivity contribution in [2.24, 2.45) is 0 Å². The molecule has 0 unspecified atom stereocenters. The van der Waals surface area contributed by atoms with Crippen LogP contribution in [-0.4, -0.2) is 24.4 Å². The fourth-order valence-corrected chi connectivity index (χ4v) is 2.69. The lowest BCUT2D eigenvalue weighted by molar-refractivity contribution is -0.436. The molecule has 0 fully saturated rings. The Morgan fingerprint density at radius 2 is 1.85 bits per heavy atom. The second-order valence-electron chi connectivity index (χ2n) is 4.58. The molecule has 0 bridgehead atoms. The number of benzene rings is 2. The van der Waals surface area contributed by atoms with Crippen LogP contribution in [0.25, 0.3) is 0 Å². The van der Waals surface area contributed by atoms with Crippen LogP contribution in [0.3, 0.4) is 0 Å². The summed E-state index contributed by atoms with van der Waals surface area (Å²) in [4.78, 5) is 0. The van der Waals surface area contributed by atoms with Gasteiger partial charge >= 0.3 is 0 Å². The van der Waals surface area contributed by atoms with Gasteiger partial charge in [-0.15, -0.1) is 0 Å². The molecule has 0 amide bonds. The van der Waals surface area contributed by atoms with Crippen molar-refractivity contribution in [1.29, 1.82) is 0 Å². The van der Waals surface area contributed by atoms with Crippen molar-refractivity contribution in [1.82, 2.24) is 0 Å². The van der Waals surface area contributed by atoms with Gasteiger partial charge in [0.1, 0.15) is 5.75 Å². The average molecular weight is 397 g/mol. The van der Waals surface area contributed by atoms with Gasteiger partial charge in [0.05, 0.1) is 12.7 Å². The maximum Gasteiger partial charge on any atom is 0.205 e. The number of hydrogen-bond acceptors (Lipinski definition) is 1. The van der Waals surface area contributed by atoms with Crippen LogP contribution in [-0.2, 0) is 6.42 Å². The molecule has 4 heteroatoms. The highest BCUT2D eigenvalue weighted by Gasteiger charge is 2.20. The molecule has 1 aliphatic rings. The summed E-state index contributed by atoms with van der Waals surface area (Å²) >= 11 is 3.47. The van der Waals surface area contributed by atoms with Gasteiger partial charge in [-0.1, -0.05) is 28.1 Å². The third-order valence-electron chi connectivity index (χ3n) is 3.44. The smallest absolute Gasteiger partial charge is 0.205 e. The summed E-state index contributed by atoms with van der Waals surface area (Å²) < 4.78 is 8.83. The van der Waals surface area contributed by atoms with Gasteiger partial charge in [0.15, 0.2) is 12.8 Å². The minimum atomic E-state index is 0. The lowest BCUT2D eigenvalue weighted by atomic mass is 10.0. The normalized spacial score (nSPS) is 13.0. The predicted octanol–water partition coefficient (Wildman–Crippen LogP) is 0.781. The summed E-state index contributed by atoms with van der Waals surface area (Å²) in [5.41, 5.74) is 3.76. The molecule has 1 heterocycles. The van der Waals surface area contributed by atoms with E-state index in [1.54, 1.807) is 7.11 Å². The van der Waals surface area contributed by atoms with Gasteiger partial charge in [-0.05, 0) is 23.8 Å². The van der Waals surface area contributed by atoms with Gasteiger partial charge in [0, 0.05) is 23.0 Å². The standard InChI is InChI=1S/C16H15BrNO.BrH/c1-19-16-4-2-3-12-9-10-18(11-15(12)16)14-7-5-13(17)6-8-14;/h2-8,11H,9-10H2,1H3;1H/q+1;/p-1. The van der Waals surface area contributed by atoms with Gasteiger partial charge in [0.25, 0.3) is 0 Å². The molecule has 0 saturated carbocycles. The molecular weight excluding hydrogens is 382 g/mol. The lowest BCUT2D eigenvalue weighted by Crippen LogP contribution is -3.00. The van der Waals surface area contributed by atoms with Crippen molar-refractivity contribution in [3.8, 4) is 5.75 Å². The molecule has 3 rings (SSSR count). The number of halogens is 2. The Balaban J connectivity index is 0.00000147. The van der Waals surface area contributed by atoms with E-state index in [1.807, 2.05) is 6.07 Å². The van der Waals surface area contributed by atoms with Crippen LogP contribution in [0.5, 0.6) is 5.75 Å². The van der Waals surface area contributed by atoms with E-state index in [-0.39, 0.29) is 17.0 Å². The summed E-state index contributed by atoms with van der Waals surface area (Å²) in [5.74, 6) is 0.944. The fraction of sp³-hybridized carbons (Fsp3) is 0.188. The van der Waals surface area contributed by atoms with Crippen molar-refractivity contribution in [3.05, 3.63) is 58.1 Å². The first-order valence-corrected chi connectivity index (χ1v) is 7.10. The quantitative estimate of drug-likeness (QED) is 0.683. The number of ether oxygens (including phenoxy) is 1. The highest BCUT2D eigenvalue weighted by molar-refractivity contribution is 9.10. The molecule has 20 heavy (non-hydrogen) atoms. The molecular formula is C16H15Br2NO. The van der Waals surface area contributed by atoms with Gasteiger partial charge < -0.3 is 21.7 Å². The van der Waals surface area contributed by atoms with E-state index in [9.17, 15) is 0 Å². The molecule has 0 N–H and O–H groups in total. The summed E-state index contributed by atoms with van der Waals surface area (Å²) in [6.07, 6.45) is 3.22. The van der Waals surface area contributed by atoms with Crippen LogP contribution >= 0.6 is 15.9 Å². The van der Waals surface area contributed by atoms with Crippen LogP contribution in [0.15, 0.2) is 46.9 Å². The van der Waals surface area contributed by atoms with E-state index in [0.29, 0.717) is 0 Å². The van der Waals surface area contributed by atoms with E-state index in [2.05, 4.69) is 63.1 Å². The van der Waals surface area contributed by atoms with Crippen molar-refractivity contribution in [2.45, 2.75) is 6.42 Å². The summed E-state index contributed by atoms with van der Waals surface area (Å²) in [7, 11) is 1.72. The Labute approximate surface area is 138 Å². The Hall–Kier alpha value is -1.13. The molecule has 0 aliphatic carbocycles. The van der Waals surface area contributed by atoms with Crippen LogP contribution in [0.4, 0.5) is 5.69 Å². The second kappa shape index (κ2) is 6.55. The Morgan fingerprint density at radius 1 is 1.10 bits per heavy atom. The zero-order chi connectivity index (χ0) is 13.2. The first-order valence-electron chi connectivity index (χ1n) is 6.31. The molecule has 2 nitrogen and oxygen atoms in total. The van der Waals surface area contributed by atoms with Gasteiger partial charge in [-0.2, -0.15) is 4.58 Å². The maximum absolute atomic E-state index is 5.45. The largest absolute Gasteiger partial charge is 1.00 e. The van der Waals surface area contributed by atoms with Crippen molar-refractivity contribution in [2.75, 3.05) is 13.7 Å². The van der Waals surface area contributed by atoms with Crippen molar-refractivity contribution in [3.63, 3.8) is 0 Å². The van der Waals surface area contributed by atoms with E-state index in [4.69, 9.17) is 4.74 Å². The monoisotopic (exact) mass is 395 g/mol. The van der Waals surface area contributed by atoms with E-state index < -0.39 is 0 Å². The number of hydrogen-bond donors (Lipinski definition) is 0. The van der Waals surface area contributed by atoms with Crippen LogP contribution in [0, 0.1) is 0 Å². The van der Waals surface area contributed by atoms with Crippen LogP contribution in [0.1, 0.15) is 11.1 Å². The second-order valence-corrected chi connectivity index (χ2v) is 5.50. The van der Waals surface area contributed by atoms with Crippen molar-refractivity contribution >= 4 is 27.8 Å². The third kappa shape index (κ3) is 2.96. The average Bonchev–Trinajstić information content (AvgIpc) is 2.47. The summed E-state index contributed by atoms with van der Waals surface area (Å²) in [6.45, 7) is 1.00. The molecule has 2 aromatic rings. The van der Waals surface area contributed by atoms with E-state index >= 15 is 0 Å². The molecule has 2 aromatic carbocycles. The Morgan fingerprint density at radius 3 is 2.55 bits per heavy atom. The molecule has 0 radical (unpaired) electrons. The maximum atomic E-state index is 5.45. The predicted molar refractivity (Wildman–Crippen MR) is 80.8 cm³/mol. The number of rotatable bonds is 2. The zero-order valence-electron chi connectivity index (χ0n) is 11.1. The SMILES string of the molecule is COc1cccc2c1C=[N+](c1ccc(Br)cc1)CC2.[Br-]. The Kier molecular flexibility index (Phi) is 5.00. The van der Waals surface area contributed by atoms with Crippen LogP contribution in [0.2, 0.25) is 0 Å². The highest BCUT2D eigenvalue weighted by atomic mass is 79.9. The van der Waals surface area contributed by atoms with E-state index in [1.165, 1.54) is 16.8 Å². The molecule has 1 aliphatic heterocycles. The molecule has 0 spiro atoms. The minimum Gasteiger partial charge on any atom is -1.00 e. The zero-order valence-corrected chi connectivity index (χ0v) is 14.3. The molecule has 0 aromatic heterocycles. The first-order chi connectivity index (χ1) is 9.28. The van der Waals surface area contributed by atoms with Gasteiger partial charge in [-0.3, -0.25) is 0 Å². The lowest BCUT2D eigenvalue weighted by Gasteiger charge is -2.14. The number of fused-ring (bicyclic) bond motifs is 1. The fourth-order valence-electron chi connectivity index (χ4n) is 2.43. The van der Waals surface area contributed by atoms with Crippen LogP contribution < -0.4 is 21.7 Å². The molecule has 0 saturated heterocycles. The summed E-state index contributed by atoms with van der Waals surface area (Å²) in [5, 5.41) is 0. The minimum absolute atomic E-state index is 0. The molecule has 0 atom stereocenters. The van der Waals surface area contributed by atoms with Crippen molar-refractivity contribution < 1.29 is 26.3 Å².